The molecule has 0 bridgehead atoms. The van der Waals surface area contributed by atoms with Gasteiger partial charge in [-0.25, -0.2) is 13.1 Å². The van der Waals surface area contributed by atoms with Crippen LogP contribution in [0.4, 0.5) is 0 Å². The molecule has 2 fully saturated rings. The fourth-order valence-electron chi connectivity index (χ4n) is 7.29. The fourth-order valence-corrected chi connectivity index (χ4v) is 7.75. The third-order valence-electron chi connectivity index (χ3n) is 8.88. The van der Waals surface area contributed by atoms with Crippen LogP contribution in [0.3, 0.4) is 0 Å². The molecule has 1 aromatic heterocycles. The molecule has 2 aromatic carbocycles. The number of aromatic nitrogens is 1. The summed E-state index contributed by atoms with van der Waals surface area (Å²) in [5, 5.41) is 1.08. The molecule has 2 amide bonds. The number of ether oxygens (including phenoxy) is 1. The van der Waals surface area contributed by atoms with E-state index in [0.29, 0.717) is 32.0 Å². The monoisotopic (exact) mass is 577 g/mol. The number of carbonyl (C=O) groups excluding carboxylic acids is 2. The van der Waals surface area contributed by atoms with Gasteiger partial charge in [0.15, 0.2) is 0 Å². The molecule has 3 aromatic rings. The first-order valence-corrected chi connectivity index (χ1v) is 16.7. The highest BCUT2D eigenvalue weighted by atomic mass is 32.2. The van der Waals surface area contributed by atoms with Gasteiger partial charge in [-0.2, -0.15) is 0 Å². The van der Waals surface area contributed by atoms with E-state index in [1.54, 1.807) is 12.1 Å². The van der Waals surface area contributed by atoms with Crippen LogP contribution >= 0.6 is 0 Å². The maximum absolute atomic E-state index is 14.1. The predicted molar refractivity (Wildman–Crippen MR) is 159 cm³/mol. The largest absolute Gasteiger partial charge is 0.372 e. The van der Waals surface area contributed by atoms with Gasteiger partial charge in [-0.3, -0.25) is 9.59 Å². The maximum atomic E-state index is 14.1. The van der Waals surface area contributed by atoms with Crippen molar-refractivity contribution < 1.29 is 22.7 Å². The Labute approximate surface area is 242 Å². The number of hydrogen-bond acceptors (Lipinski definition) is 5. The van der Waals surface area contributed by atoms with E-state index in [1.807, 2.05) is 30.9 Å². The molecule has 1 saturated carbocycles. The van der Waals surface area contributed by atoms with Crippen molar-refractivity contribution in [1.82, 2.24) is 14.2 Å². The molecule has 41 heavy (non-hydrogen) atoms. The number of hydrogen-bond donors (Lipinski definition) is 1. The third kappa shape index (κ3) is 5.54. The molecular formula is C32H39N3O5S. The summed E-state index contributed by atoms with van der Waals surface area (Å²) in [7, 11) is -3.71. The molecule has 218 valence electrons. The van der Waals surface area contributed by atoms with E-state index in [0.717, 1.165) is 46.8 Å². The van der Waals surface area contributed by atoms with E-state index in [-0.39, 0.29) is 29.6 Å². The van der Waals surface area contributed by atoms with E-state index < -0.39 is 15.9 Å². The summed E-state index contributed by atoms with van der Waals surface area (Å²) in [5.41, 5.74) is 5.90. The molecule has 6 rings (SSSR count). The Morgan fingerprint density at radius 1 is 0.951 bits per heavy atom. The minimum Gasteiger partial charge on any atom is -0.372 e. The van der Waals surface area contributed by atoms with Crippen LogP contribution in [0, 0.1) is 5.92 Å². The van der Waals surface area contributed by atoms with Crippen LogP contribution in [-0.2, 0) is 32.5 Å². The Balaban J connectivity index is 1.52. The summed E-state index contributed by atoms with van der Waals surface area (Å²) in [5.74, 6) is -0.415. The second kappa shape index (κ2) is 10.9. The molecule has 3 atom stereocenters. The fraction of sp³-hybridized carbons (Fsp3) is 0.500. The number of amides is 2. The first-order chi connectivity index (χ1) is 19.6. The molecule has 0 spiro atoms. The van der Waals surface area contributed by atoms with Crippen LogP contribution in [0.2, 0.25) is 0 Å². The van der Waals surface area contributed by atoms with Gasteiger partial charge < -0.3 is 14.2 Å². The summed E-state index contributed by atoms with van der Waals surface area (Å²) in [4.78, 5) is 29.0. The summed E-state index contributed by atoms with van der Waals surface area (Å²) in [6.45, 7) is 5.65. The highest BCUT2D eigenvalue weighted by Crippen LogP contribution is 2.46. The van der Waals surface area contributed by atoms with Crippen molar-refractivity contribution in [2.75, 3.05) is 19.3 Å². The Bertz CT molecular complexity index is 1590. The van der Waals surface area contributed by atoms with Gasteiger partial charge in [0.05, 0.1) is 30.1 Å². The number of nitrogens with zero attached hydrogens (tertiary/aromatic N) is 2. The van der Waals surface area contributed by atoms with Crippen LogP contribution in [0.5, 0.6) is 0 Å². The van der Waals surface area contributed by atoms with Gasteiger partial charge in [-0.05, 0) is 62.3 Å². The van der Waals surface area contributed by atoms with Gasteiger partial charge in [0.2, 0.25) is 15.9 Å². The second-order valence-electron chi connectivity index (χ2n) is 12.2. The van der Waals surface area contributed by atoms with E-state index in [1.165, 1.54) is 24.8 Å². The van der Waals surface area contributed by atoms with Crippen LogP contribution in [-0.4, -0.2) is 61.3 Å². The third-order valence-corrected chi connectivity index (χ3v) is 9.44. The van der Waals surface area contributed by atoms with Crippen molar-refractivity contribution in [2.45, 2.75) is 77.0 Å². The van der Waals surface area contributed by atoms with Crippen molar-refractivity contribution in [2.24, 2.45) is 5.92 Å². The van der Waals surface area contributed by atoms with Crippen molar-refractivity contribution in [1.29, 1.82) is 0 Å². The quantitative estimate of drug-likeness (QED) is 0.478. The molecule has 3 heterocycles. The molecule has 1 unspecified atom stereocenters. The Hall–Kier alpha value is -3.17. The number of carbonyl (C=O) groups is 2. The van der Waals surface area contributed by atoms with Crippen molar-refractivity contribution in [3.63, 3.8) is 0 Å². The molecule has 0 radical (unpaired) electrons. The zero-order valence-corrected chi connectivity index (χ0v) is 24.9. The highest BCUT2D eigenvalue weighted by Gasteiger charge is 2.36. The van der Waals surface area contributed by atoms with Crippen LogP contribution in [0.15, 0.2) is 42.5 Å². The first-order valence-electron chi connectivity index (χ1n) is 14.8. The summed E-state index contributed by atoms with van der Waals surface area (Å²) in [6.07, 6.45) is 7.40. The average molecular weight is 578 g/mol. The normalized spacial score (nSPS) is 23.5. The number of benzene rings is 2. The minimum absolute atomic E-state index is 0.0162. The maximum Gasteiger partial charge on any atom is 0.264 e. The van der Waals surface area contributed by atoms with Gasteiger partial charge in [0, 0.05) is 41.7 Å². The van der Waals surface area contributed by atoms with E-state index >= 15 is 0 Å². The zero-order chi connectivity index (χ0) is 28.9. The number of nitrogens with one attached hydrogen (secondary N) is 1. The summed E-state index contributed by atoms with van der Waals surface area (Å²) in [6, 6.07) is 13.9. The SMILES string of the molecule is C[C@@H]1CN(C(=O)C2Cc3ccccc3-c3c(C4CCCCC4)c4ccc(C(=O)NS(C)(=O)=O)cc4n3C2)C[C@H](C)O1. The van der Waals surface area contributed by atoms with E-state index in [4.69, 9.17) is 4.74 Å². The molecule has 1 saturated heterocycles. The number of sulfonamides is 1. The van der Waals surface area contributed by atoms with Crippen LogP contribution in [0.25, 0.3) is 22.2 Å². The lowest BCUT2D eigenvalue weighted by atomic mass is 9.81. The molecule has 9 heteroatoms. The lowest BCUT2D eigenvalue weighted by Gasteiger charge is -2.37. The van der Waals surface area contributed by atoms with Gasteiger partial charge in [-0.15, -0.1) is 0 Å². The van der Waals surface area contributed by atoms with Crippen molar-refractivity contribution in [3.8, 4) is 11.3 Å². The molecular weight excluding hydrogens is 538 g/mol. The number of morpholine rings is 1. The van der Waals surface area contributed by atoms with E-state index in [2.05, 4.69) is 27.5 Å². The zero-order valence-electron chi connectivity index (χ0n) is 24.1. The molecule has 3 aliphatic rings. The number of rotatable bonds is 4. The smallest absolute Gasteiger partial charge is 0.264 e. The molecule has 1 aliphatic carbocycles. The van der Waals surface area contributed by atoms with Gasteiger partial charge >= 0.3 is 0 Å². The predicted octanol–water partition coefficient (Wildman–Crippen LogP) is 4.85. The lowest BCUT2D eigenvalue weighted by Crippen LogP contribution is -2.50. The van der Waals surface area contributed by atoms with Gasteiger partial charge in [0.25, 0.3) is 5.91 Å². The Kier molecular flexibility index (Phi) is 7.44. The average Bonchev–Trinajstić information content (AvgIpc) is 3.14. The molecule has 1 N–H and O–H groups in total. The second-order valence-corrected chi connectivity index (χ2v) is 14.0. The Morgan fingerprint density at radius 3 is 2.37 bits per heavy atom. The summed E-state index contributed by atoms with van der Waals surface area (Å²) < 4.78 is 33.9. The lowest BCUT2D eigenvalue weighted by molar-refractivity contribution is -0.147. The minimum atomic E-state index is -3.71. The Morgan fingerprint density at radius 2 is 1.66 bits per heavy atom. The topological polar surface area (TPSA) is 97.7 Å². The summed E-state index contributed by atoms with van der Waals surface area (Å²) >= 11 is 0. The van der Waals surface area contributed by atoms with Crippen molar-refractivity contribution >= 4 is 32.7 Å². The van der Waals surface area contributed by atoms with Gasteiger partial charge in [-0.1, -0.05) is 49.6 Å². The van der Waals surface area contributed by atoms with Crippen LogP contribution < -0.4 is 4.72 Å². The molecule has 8 nitrogen and oxygen atoms in total. The standard InChI is InChI=1S/C32H39N3O5S/c1-20-17-34(18-21(2)40-20)32(37)25-15-23-11-7-8-12-26(23)30-29(22-9-5-4-6-10-22)27-14-13-24(16-28(27)35(30)19-25)31(36)33-41(3,38)39/h7-8,11-14,16,20-22,25H,4-6,9-10,15,17-19H2,1-3H3,(H,33,36)/t20-,21+,25?. The first kappa shape index (κ1) is 28.0. The number of fused-ring (bicyclic) bond motifs is 5. The molecule has 2 aliphatic heterocycles. The van der Waals surface area contributed by atoms with Gasteiger partial charge in [0.1, 0.15) is 0 Å². The van der Waals surface area contributed by atoms with E-state index in [9.17, 15) is 18.0 Å². The van der Waals surface area contributed by atoms with Crippen molar-refractivity contribution in [3.05, 3.63) is 59.2 Å². The highest BCUT2D eigenvalue weighted by molar-refractivity contribution is 7.89. The van der Waals surface area contributed by atoms with Crippen LogP contribution in [0.1, 0.15) is 73.4 Å².